The maximum atomic E-state index is 12.2. The molecule has 1 aliphatic rings. The minimum absolute atomic E-state index is 0.122. The highest BCUT2D eigenvalue weighted by Gasteiger charge is 2.22. The zero-order chi connectivity index (χ0) is 11.5. The molecule has 1 atom stereocenters. The molecule has 1 unspecified atom stereocenters. The minimum atomic E-state index is 0.122. The minimum Gasteiger partial charge on any atom is -0.338 e. The largest absolute Gasteiger partial charge is 0.338 e. The van der Waals surface area contributed by atoms with Gasteiger partial charge in [-0.1, -0.05) is 19.1 Å². The van der Waals surface area contributed by atoms with E-state index in [-0.39, 0.29) is 5.91 Å². The number of amides is 1. The monoisotopic (exact) mass is 235 g/mol. The van der Waals surface area contributed by atoms with Crippen LogP contribution in [0.25, 0.3) is 0 Å². The Morgan fingerprint density at radius 3 is 2.88 bits per heavy atom. The first-order valence-electron chi connectivity index (χ1n) is 5.75. The number of hydrogen-bond donors (Lipinski definition) is 1. The molecule has 1 saturated heterocycles. The van der Waals surface area contributed by atoms with Gasteiger partial charge in [0, 0.05) is 18.0 Å². The normalized spacial score (nSPS) is 20.9. The highest BCUT2D eigenvalue weighted by Crippen LogP contribution is 2.20. The second-order valence-electron chi connectivity index (χ2n) is 4.52. The second kappa shape index (κ2) is 4.91. The topological polar surface area (TPSA) is 20.3 Å². The predicted molar refractivity (Wildman–Crippen MR) is 68.0 cm³/mol. The molecule has 1 amide bonds. The molecule has 1 aromatic carbocycles. The molecule has 1 aliphatic heterocycles. The summed E-state index contributed by atoms with van der Waals surface area (Å²) in [5, 5.41) is 0. The SMILES string of the molecule is CC1CCCN(C(=O)c2ccccc2S)C1. The van der Waals surface area contributed by atoms with Crippen molar-refractivity contribution in [3.8, 4) is 0 Å². The molecular formula is C13H17NOS. The van der Waals surface area contributed by atoms with Crippen molar-refractivity contribution in [2.75, 3.05) is 13.1 Å². The van der Waals surface area contributed by atoms with E-state index < -0.39 is 0 Å². The summed E-state index contributed by atoms with van der Waals surface area (Å²) in [6.07, 6.45) is 2.34. The Bertz CT molecular complexity index is 391. The Balaban J connectivity index is 2.16. The van der Waals surface area contributed by atoms with E-state index in [9.17, 15) is 4.79 Å². The molecule has 1 fully saturated rings. The fourth-order valence-corrected chi connectivity index (χ4v) is 2.45. The lowest BCUT2D eigenvalue weighted by Crippen LogP contribution is -2.39. The van der Waals surface area contributed by atoms with Crippen molar-refractivity contribution in [3.63, 3.8) is 0 Å². The Morgan fingerprint density at radius 1 is 1.44 bits per heavy atom. The number of piperidine rings is 1. The quantitative estimate of drug-likeness (QED) is 0.742. The molecule has 0 spiro atoms. The number of thiol groups is 1. The lowest BCUT2D eigenvalue weighted by atomic mass is 9.99. The van der Waals surface area contributed by atoms with E-state index in [2.05, 4.69) is 19.6 Å². The zero-order valence-electron chi connectivity index (χ0n) is 9.52. The maximum absolute atomic E-state index is 12.2. The van der Waals surface area contributed by atoms with Crippen molar-refractivity contribution in [3.05, 3.63) is 29.8 Å². The maximum Gasteiger partial charge on any atom is 0.254 e. The molecule has 1 heterocycles. The fraction of sp³-hybridized carbons (Fsp3) is 0.462. The number of hydrogen-bond acceptors (Lipinski definition) is 2. The van der Waals surface area contributed by atoms with Crippen molar-refractivity contribution >= 4 is 18.5 Å². The second-order valence-corrected chi connectivity index (χ2v) is 5.00. The van der Waals surface area contributed by atoms with Gasteiger partial charge in [-0.2, -0.15) is 0 Å². The van der Waals surface area contributed by atoms with Gasteiger partial charge in [0.1, 0.15) is 0 Å². The van der Waals surface area contributed by atoms with Crippen LogP contribution in [0.5, 0.6) is 0 Å². The van der Waals surface area contributed by atoms with Crippen molar-refractivity contribution in [1.82, 2.24) is 4.90 Å². The summed E-state index contributed by atoms with van der Waals surface area (Å²) in [6.45, 7) is 3.96. The summed E-state index contributed by atoms with van der Waals surface area (Å²) in [6, 6.07) is 7.51. The van der Waals surface area contributed by atoms with Gasteiger partial charge in [-0.3, -0.25) is 4.79 Å². The van der Waals surface area contributed by atoms with Gasteiger partial charge >= 0.3 is 0 Å². The highest BCUT2D eigenvalue weighted by molar-refractivity contribution is 7.80. The first kappa shape index (κ1) is 11.5. The van der Waals surface area contributed by atoms with Crippen LogP contribution >= 0.6 is 12.6 Å². The van der Waals surface area contributed by atoms with E-state index >= 15 is 0 Å². The molecule has 0 N–H and O–H groups in total. The van der Waals surface area contributed by atoms with Gasteiger partial charge in [0.05, 0.1) is 5.56 Å². The number of carbonyl (C=O) groups is 1. The van der Waals surface area contributed by atoms with Crippen LogP contribution in [0, 0.1) is 5.92 Å². The van der Waals surface area contributed by atoms with E-state index in [0.717, 1.165) is 30.0 Å². The van der Waals surface area contributed by atoms with Crippen LogP contribution in [0.2, 0.25) is 0 Å². The number of rotatable bonds is 1. The molecule has 3 heteroatoms. The molecule has 0 bridgehead atoms. The van der Waals surface area contributed by atoms with Crippen LogP contribution < -0.4 is 0 Å². The number of benzene rings is 1. The summed E-state index contributed by atoms with van der Waals surface area (Å²) >= 11 is 4.33. The third-order valence-electron chi connectivity index (χ3n) is 3.08. The van der Waals surface area contributed by atoms with Crippen LogP contribution in [0.1, 0.15) is 30.1 Å². The number of likely N-dealkylation sites (tertiary alicyclic amines) is 1. The fourth-order valence-electron chi connectivity index (χ4n) is 2.20. The van der Waals surface area contributed by atoms with Crippen LogP contribution in [0.4, 0.5) is 0 Å². The summed E-state index contributed by atoms with van der Waals surface area (Å²) < 4.78 is 0. The van der Waals surface area contributed by atoms with E-state index in [0.29, 0.717) is 5.92 Å². The molecule has 0 aromatic heterocycles. The number of carbonyl (C=O) groups excluding carboxylic acids is 1. The third-order valence-corrected chi connectivity index (χ3v) is 3.47. The highest BCUT2D eigenvalue weighted by atomic mass is 32.1. The average Bonchev–Trinajstić information content (AvgIpc) is 2.29. The Kier molecular flexibility index (Phi) is 3.54. The van der Waals surface area contributed by atoms with Crippen molar-refractivity contribution < 1.29 is 4.79 Å². The lowest BCUT2D eigenvalue weighted by Gasteiger charge is -2.31. The van der Waals surface area contributed by atoms with Crippen molar-refractivity contribution in [2.45, 2.75) is 24.7 Å². The average molecular weight is 235 g/mol. The van der Waals surface area contributed by atoms with E-state index in [1.54, 1.807) is 0 Å². The van der Waals surface area contributed by atoms with Gasteiger partial charge in [0.2, 0.25) is 0 Å². The van der Waals surface area contributed by atoms with Crippen LogP contribution in [-0.2, 0) is 0 Å². The molecule has 2 nitrogen and oxygen atoms in total. The smallest absolute Gasteiger partial charge is 0.254 e. The van der Waals surface area contributed by atoms with Crippen LogP contribution in [0.3, 0.4) is 0 Å². The lowest BCUT2D eigenvalue weighted by molar-refractivity contribution is 0.0679. The van der Waals surface area contributed by atoms with Gasteiger partial charge in [-0.15, -0.1) is 12.6 Å². The van der Waals surface area contributed by atoms with Crippen molar-refractivity contribution in [2.24, 2.45) is 5.92 Å². The van der Waals surface area contributed by atoms with Gasteiger partial charge in [0.15, 0.2) is 0 Å². The van der Waals surface area contributed by atoms with Gasteiger partial charge in [-0.05, 0) is 30.9 Å². The molecule has 2 rings (SSSR count). The van der Waals surface area contributed by atoms with Gasteiger partial charge < -0.3 is 4.90 Å². The van der Waals surface area contributed by atoms with E-state index in [1.165, 1.54) is 6.42 Å². The van der Waals surface area contributed by atoms with E-state index in [4.69, 9.17) is 0 Å². The summed E-state index contributed by atoms with van der Waals surface area (Å²) in [5.74, 6) is 0.738. The summed E-state index contributed by atoms with van der Waals surface area (Å²) in [5.41, 5.74) is 0.722. The first-order valence-corrected chi connectivity index (χ1v) is 6.20. The van der Waals surface area contributed by atoms with Gasteiger partial charge in [-0.25, -0.2) is 0 Å². The van der Waals surface area contributed by atoms with Gasteiger partial charge in [0.25, 0.3) is 5.91 Å². The number of nitrogens with zero attached hydrogens (tertiary/aromatic N) is 1. The Morgan fingerprint density at radius 2 is 2.19 bits per heavy atom. The third kappa shape index (κ3) is 2.40. The summed E-state index contributed by atoms with van der Waals surface area (Å²) in [7, 11) is 0. The van der Waals surface area contributed by atoms with Crippen molar-refractivity contribution in [1.29, 1.82) is 0 Å². The molecule has 0 saturated carbocycles. The zero-order valence-corrected chi connectivity index (χ0v) is 10.4. The Labute approximate surface area is 102 Å². The molecule has 0 aliphatic carbocycles. The molecule has 1 aromatic rings. The predicted octanol–water partition coefficient (Wildman–Crippen LogP) is 2.85. The Hall–Kier alpha value is -0.960. The van der Waals surface area contributed by atoms with Crippen LogP contribution in [-0.4, -0.2) is 23.9 Å². The molecule has 16 heavy (non-hydrogen) atoms. The first-order chi connectivity index (χ1) is 7.68. The molecule has 86 valence electrons. The summed E-state index contributed by atoms with van der Waals surface area (Å²) in [4.78, 5) is 15.0. The van der Waals surface area contributed by atoms with Crippen LogP contribution in [0.15, 0.2) is 29.2 Å². The molecular weight excluding hydrogens is 218 g/mol. The molecule has 0 radical (unpaired) electrons. The van der Waals surface area contributed by atoms with E-state index in [1.807, 2.05) is 29.2 Å². The standard InChI is InChI=1S/C13H17NOS/c1-10-5-4-8-14(9-10)13(15)11-6-2-3-7-12(11)16/h2-3,6-7,10,16H,4-5,8-9H2,1H3.